The number of hydrogen-bond donors (Lipinski definition) is 3. The molecule has 0 unspecified atom stereocenters. The molecule has 0 atom stereocenters. The molecule has 20 heavy (non-hydrogen) atoms. The lowest BCUT2D eigenvalue weighted by molar-refractivity contribution is 0.399. The number of anilines is 1. The van der Waals surface area contributed by atoms with E-state index >= 15 is 0 Å². The van der Waals surface area contributed by atoms with E-state index in [0.717, 1.165) is 31.6 Å². The Morgan fingerprint density at radius 3 is 2.40 bits per heavy atom. The number of rotatable bonds is 5. The van der Waals surface area contributed by atoms with E-state index in [1.54, 1.807) is 0 Å². The lowest BCUT2D eigenvalue weighted by Crippen LogP contribution is -2.37. The van der Waals surface area contributed by atoms with Crippen molar-refractivity contribution in [1.82, 2.24) is 10.3 Å². The molecule has 0 radical (unpaired) electrons. The van der Waals surface area contributed by atoms with Crippen LogP contribution < -0.4 is 10.6 Å². The Kier molecular flexibility index (Phi) is 6.43. The highest BCUT2D eigenvalue weighted by molar-refractivity contribution is 5.40. The molecule has 0 aliphatic heterocycles. The minimum Gasteiger partial charge on any atom is -0.400 e. The van der Waals surface area contributed by atoms with E-state index in [1.165, 1.54) is 18.4 Å². The average molecular weight is 279 g/mol. The maximum atomic E-state index is 7.00. The summed E-state index contributed by atoms with van der Waals surface area (Å²) in [6.45, 7) is 9.69. The number of nitrogens with one attached hydrogen (secondary N) is 2. The molecule has 1 aromatic heterocycles. The summed E-state index contributed by atoms with van der Waals surface area (Å²) in [7, 11) is 1.00. The van der Waals surface area contributed by atoms with E-state index in [-0.39, 0.29) is 5.54 Å². The third kappa shape index (κ3) is 6.35. The Bertz CT molecular complexity index is 409. The molecular weight excluding hydrogens is 250 g/mol. The Labute approximate surface area is 123 Å². The lowest BCUT2D eigenvalue weighted by atomic mass is 10.1. The van der Waals surface area contributed by atoms with Crippen LogP contribution >= 0.6 is 0 Å². The van der Waals surface area contributed by atoms with Crippen LogP contribution in [0.1, 0.15) is 44.9 Å². The first kappa shape index (κ1) is 16.9. The van der Waals surface area contributed by atoms with Crippen molar-refractivity contribution in [3.8, 4) is 0 Å². The number of pyridine rings is 1. The smallest absolute Gasteiger partial charge is 0.126 e. The normalized spacial score (nSPS) is 14.5. The van der Waals surface area contributed by atoms with Crippen LogP contribution in [0, 0.1) is 6.92 Å². The zero-order valence-corrected chi connectivity index (χ0v) is 13.5. The molecule has 1 aromatic rings. The number of aliphatic hydroxyl groups excluding tert-OH is 1. The molecule has 1 saturated carbocycles. The van der Waals surface area contributed by atoms with E-state index in [9.17, 15) is 0 Å². The Hall–Kier alpha value is -1.13. The number of nitrogens with zero attached hydrogens (tertiary/aromatic N) is 1. The molecule has 1 aliphatic rings. The molecule has 1 aliphatic carbocycles. The van der Waals surface area contributed by atoms with E-state index in [4.69, 9.17) is 5.11 Å². The summed E-state index contributed by atoms with van der Waals surface area (Å²) in [6, 6.07) is 4.99. The summed E-state index contributed by atoms with van der Waals surface area (Å²) in [6.07, 6.45) is 3.62. The molecule has 1 fully saturated rings. The van der Waals surface area contributed by atoms with Gasteiger partial charge >= 0.3 is 0 Å². The molecule has 4 nitrogen and oxygen atoms in total. The van der Waals surface area contributed by atoms with Gasteiger partial charge in [0.15, 0.2) is 0 Å². The van der Waals surface area contributed by atoms with Gasteiger partial charge < -0.3 is 15.7 Å². The summed E-state index contributed by atoms with van der Waals surface area (Å²) in [5, 5.41) is 13.9. The van der Waals surface area contributed by atoms with Gasteiger partial charge in [-0.2, -0.15) is 0 Å². The van der Waals surface area contributed by atoms with Crippen molar-refractivity contribution >= 4 is 5.82 Å². The molecule has 0 aromatic carbocycles. The fourth-order valence-corrected chi connectivity index (χ4v) is 1.94. The number of hydrogen-bond acceptors (Lipinski definition) is 4. The summed E-state index contributed by atoms with van der Waals surface area (Å²) >= 11 is 0. The van der Waals surface area contributed by atoms with Gasteiger partial charge in [-0.15, -0.1) is 0 Å². The second-order valence-electron chi connectivity index (χ2n) is 6.29. The maximum Gasteiger partial charge on any atom is 0.126 e. The minimum absolute atomic E-state index is 0.189. The summed E-state index contributed by atoms with van der Waals surface area (Å²) in [5.74, 6) is 1.03. The SMILES string of the molecule is CO.Cc1nc(NC2CC2)ccc1CCNC(C)(C)C. The van der Waals surface area contributed by atoms with Gasteiger partial charge in [0.1, 0.15) is 5.82 Å². The zero-order valence-electron chi connectivity index (χ0n) is 13.5. The van der Waals surface area contributed by atoms with Crippen LogP contribution in [-0.4, -0.2) is 35.3 Å². The zero-order chi connectivity index (χ0) is 15.2. The maximum absolute atomic E-state index is 7.00. The Balaban J connectivity index is 0.000000956. The highest BCUT2D eigenvalue weighted by Gasteiger charge is 2.21. The van der Waals surface area contributed by atoms with Crippen molar-refractivity contribution in [2.24, 2.45) is 0 Å². The Morgan fingerprint density at radius 2 is 1.90 bits per heavy atom. The number of aromatic nitrogens is 1. The minimum atomic E-state index is 0.189. The predicted molar refractivity (Wildman–Crippen MR) is 85.2 cm³/mol. The van der Waals surface area contributed by atoms with Crippen LogP contribution in [0.5, 0.6) is 0 Å². The second-order valence-corrected chi connectivity index (χ2v) is 6.29. The van der Waals surface area contributed by atoms with Crippen molar-refractivity contribution in [3.63, 3.8) is 0 Å². The van der Waals surface area contributed by atoms with Crippen LogP contribution in [0.2, 0.25) is 0 Å². The summed E-state index contributed by atoms with van der Waals surface area (Å²) in [4.78, 5) is 4.63. The van der Waals surface area contributed by atoms with Crippen LogP contribution in [0.15, 0.2) is 12.1 Å². The average Bonchev–Trinajstić information content (AvgIpc) is 3.17. The van der Waals surface area contributed by atoms with Gasteiger partial charge in [0.2, 0.25) is 0 Å². The molecule has 114 valence electrons. The van der Waals surface area contributed by atoms with Crippen LogP contribution in [-0.2, 0) is 6.42 Å². The van der Waals surface area contributed by atoms with Crippen molar-refractivity contribution in [1.29, 1.82) is 0 Å². The van der Waals surface area contributed by atoms with Gasteiger partial charge in [-0.3, -0.25) is 0 Å². The van der Waals surface area contributed by atoms with Crippen LogP contribution in [0.3, 0.4) is 0 Å². The highest BCUT2D eigenvalue weighted by atomic mass is 16.2. The standard InChI is InChI=1S/C15H25N3.CH4O/c1-11-12(9-10-16-15(2,3)4)5-8-14(17-11)18-13-6-7-13;1-2/h5,8,13,16H,6-7,9-10H2,1-4H3,(H,17,18);2H,1H3. The molecule has 4 heteroatoms. The van der Waals surface area contributed by atoms with Crippen LogP contribution in [0.25, 0.3) is 0 Å². The first-order valence-electron chi connectivity index (χ1n) is 7.37. The third-order valence-corrected chi connectivity index (χ3v) is 3.17. The van der Waals surface area contributed by atoms with Crippen molar-refractivity contribution < 1.29 is 5.11 Å². The predicted octanol–water partition coefficient (Wildman–Crippen LogP) is 2.50. The van der Waals surface area contributed by atoms with E-state index in [1.807, 2.05) is 0 Å². The fourth-order valence-electron chi connectivity index (χ4n) is 1.94. The molecule has 0 spiro atoms. The van der Waals surface area contributed by atoms with E-state index in [2.05, 4.69) is 55.4 Å². The molecule has 0 amide bonds. The largest absolute Gasteiger partial charge is 0.400 e. The van der Waals surface area contributed by atoms with Gasteiger partial charge in [0.25, 0.3) is 0 Å². The monoisotopic (exact) mass is 279 g/mol. The quantitative estimate of drug-likeness (QED) is 0.775. The molecule has 1 heterocycles. The van der Waals surface area contributed by atoms with E-state index < -0.39 is 0 Å². The molecular formula is C16H29N3O. The van der Waals surface area contributed by atoms with Gasteiger partial charge in [-0.05, 0) is 65.1 Å². The van der Waals surface area contributed by atoms with Gasteiger partial charge in [-0.25, -0.2) is 4.98 Å². The molecule has 0 saturated heterocycles. The first-order chi connectivity index (χ1) is 9.44. The van der Waals surface area contributed by atoms with Crippen molar-refractivity contribution in [2.75, 3.05) is 19.0 Å². The lowest BCUT2D eigenvalue weighted by Gasteiger charge is -2.20. The highest BCUT2D eigenvalue weighted by Crippen LogP contribution is 2.24. The summed E-state index contributed by atoms with van der Waals surface area (Å²) < 4.78 is 0. The molecule has 3 N–H and O–H groups in total. The first-order valence-corrected chi connectivity index (χ1v) is 7.37. The van der Waals surface area contributed by atoms with Crippen molar-refractivity contribution in [2.45, 2.75) is 58.5 Å². The van der Waals surface area contributed by atoms with Gasteiger partial charge in [-0.1, -0.05) is 6.07 Å². The number of aliphatic hydroxyl groups is 1. The van der Waals surface area contributed by atoms with Crippen LogP contribution in [0.4, 0.5) is 5.82 Å². The Morgan fingerprint density at radius 1 is 1.25 bits per heavy atom. The third-order valence-electron chi connectivity index (χ3n) is 3.17. The molecule has 2 rings (SSSR count). The fraction of sp³-hybridized carbons (Fsp3) is 0.688. The van der Waals surface area contributed by atoms with Gasteiger partial charge in [0.05, 0.1) is 0 Å². The number of aryl methyl sites for hydroxylation is 1. The topological polar surface area (TPSA) is 57.2 Å². The van der Waals surface area contributed by atoms with Gasteiger partial charge in [0, 0.05) is 24.4 Å². The molecule has 0 bridgehead atoms. The second kappa shape index (κ2) is 7.60. The summed E-state index contributed by atoms with van der Waals surface area (Å²) in [5.41, 5.74) is 2.68. The van der Waals surface area contributed by atoms with Crippen molar-refractivity contribution in [3.05, 3.63) is 23.4 Å². The van der Waals surface area contributed by atoms with E-state index in [0.29, 0.717) is 6.04 Å².